The Morgan fingerprint density at radius 1 is 1.00 bits per heavy atom. The smallest absolute Gasteiger partial charge is 0.407 e. The molecule has 2 aliphatic rings. The van der Waals surface area contributed by atoms with Gasteiger partial charge in [-0.1, -0.05) is 74.2 Å². The van der Waals surface area contributed by atoms with Crippen LogP contribution in [0.15, 0.2) is 48.5 Å². The van der Waals surface area contributed by atoms with Gasteiger partial charge in [-0.15, -0.1) is 0 Å². The average Bonchev–Trinajstić information content (AvgIpc) is 3.43. The monoisotopic (exact) mass is 469 g/mol. The van der Waals surface area contributed by atoms with Crippen LogP contribution in [0.3, 0.4) is 0 Å². The molecule has 6 nitrogen and oxygen atoms in total. The predicted molar refractivity (Wildman–Crippen MR) is 130 cm³/mol. The first-order valence-corrected chi connectivity index (χ1v) is 12.8. The highest BCUT2D eigenvalue weighted by atomic mass is 32.2. The number of rotatable bonds is 10. The summed E-state index contributed by atoms with van der Waals surface area (Å²) in [4.78, 5) is 24.0. The number of aliphatic hydroxyl groups is 1. The van der Waals surface area contributed by atoms with Gasteiger partial charge in [-0.25, -0.2) is 9.59 Å². The van der Waals surface area contributed by atoms with E-state index in [4.69, 9.17) is 4.74 Å². The number of benzene rings is 2. The number of thioether (sulfide) groups is 1. The molecule has 0 aliphatic heterocycles. The van der Waals surface area contributed by atoms with E-state index in [1.54, 1.807) is 0 Å². The molecule has 2 aromatic rings. The van der Waals surface area contributed by atoms with E-state index in [1.807, 2.05) is 36.4 Å². The zero-order chi connectivity index (χ0) is 23.2. The van der Waals surface area contributed by atoms with Crippen LogP contribution in [0.4, 0.5) is 4.79 Å². The molecule has 1 fully saturated rings. The Morgan fingerprint density at radius 3 is 2.21 bits per heavy atom. The Morgan fingerprint density at radius 2 is 1.61 bits per heavy atom. The number of hydrogen-bond donors (Lipinski definition) is 3. The van der Waals surface area contributed by atoms with Crippen LogP contribution in [0.5, 0.6) is 0 Å². The Bertz CT molecular complexity index is 929. The minimum Gasteiger partial charge on any atom is -0.480 e. The molecular weight excluding hydrogens is 438 g/mol. The van der Waals surface area contributed by atoms with E-state index in [9.17, 15) is 19.8 Å². The number of fused-ring (bicyclic) bond motifs is 3. The molecule has 176 valence electrons. The number of carbonyl (C=O) groups is 2. The number of hydrogen-bond acceptors (Lipinski definition) is 5. The van der Waals surface area contributed by atoms with E-state index in [-0.39, 0.29) is 18.3 Å². The fraction of sp³-hybridized carbons (Fsp3) is 0.462. The van der Waals surface area contributed by atoms with Crippen molar-refractivity contribution in [3.05, 3.63) is 59.7 Å². The van der Waals surface area contributed by atoms with E-state index in [0.29, 0.717) is 11.7 Å². The van der Waals surface area contributed by atoms with Gasteiger partial charge in [0, 0.05) is 17.4 Å². The highest BCUT2D eigenvalue weighted by Crippen LogP contribution is 2.44. The Balaban J connectivity index is 1.27. The van der Waals surface area contributed by atoms with Gasteiger partial charge in [-0.3, -0.25) is 0 Å². The molecule has 2 unspecified atom stereocenters. The maximum Gasteiger partial charge on any atom is 0.407 e. The summed E-state index contributed by atoms with van der Waals surface area (Å²) < 4.78 is 5.46. The summed E-state index contributed by atoms with van der Waals surface area (Å²) in [6, 6.07) is 15.1. The van der Waals surface area contributed by atoms with Gasteiger partial charge in [0.15, 0.2) is 0 Å². The van der Waals surface area contributed by atoms with Crippen LogP contribution in [-0.2, 0) is 9.53 Å². The van der Waals surface area contributed by atoms with Crippen molar-refractivity contribution < 1.29 is 24.5 Å². The van der Waals surface area contributed by atoms with Crippen LogP contribution in [0.2, 0.25) is 0 Å². The lowest BCUT2D eigenvalue weighted by molar-refractivity contribution is -0.138. The minimum atomic E-state index is -1.11. The molecule has 0 saturated heterocycles. The SMILES string of the molecule is O=C(NC(CSCC(O)CC1CCCC1)C(=O)O)OCC1c2ccccc2-c2ccccc21. The lowest BCUT2D eigenvalue weighted by Gasteiger charge is -2.18. The summed E-state index contributed by atoms with van der Waals surface area (Å²) in [5.74, 6) is 0.0381. The zero-order valence-electron chi connectivity index (χ0n) is 18.6. The highest BCUT2D eigenvalue weighted by molar-refractivity contribution is 7.99. The van der Waals surface area contributed by atoms with Crippen LogP contribution >= 0.6 is 11.8 Å². The van der Waals surface area contributed by atoms with Gasteiger partial charge in [0.1, 0.15) is 12.6 Å². The first kappa shape index (κ1) is 23.6. The normalized spacial score (nSPS) is 17.2. The zero-order valence-corrected chi connectivity index (χ0v) is 19.4. The number of amides is 1. The standard InChI is InChI=1S/C26H31NO5S/c28-18(13-17-7-1-2-8-17)15-33-16-24(25(29)30)27-26(31)32-14-23-21-11-5-3-9-19(21)20-10-4-6-12-22(20)23/h3-6,9-12,17-18,23-24,28H,1-2,7-8,13-16H2,(H,27,31)(H,29,30). The molecule has 0 bridgehead atoms. The van der Waals surface area contributed by atoms with Gasteiger partial charge in [0.2, 0.25) is 0 Å². The molecule has 0 heterocycles. The molecule has 4 rings (SSSR count). The fourth-order valence-corrected chi connectivity index (χ4v) is 5.98. The molecule has 0 radical (unpaired) electrons. The number of ether oxygens (including phenoxy) is 1. The molecule has 7 heteroatoms. The first-order chi connectivity index (χ1) is 16.0. The highest BCUT2D eigenvalue weighted by Gasteiger charge is 2.30. The Hall–Kier alpha value is -2.51. The first-order valence-electron chi connectivity index (χ1n) is 11.6. The Labute approximate surface area is 198 Å². The summed E-state index contributed by atoms with van der Waals surface area (Å²) in [6.45, 7) is 0.138. The molecule has 2 aromatic carbocycles. The molecule has 1 saturated carbocycles. The number of carbonyl (C=O) groups excluding carboxylic acids is 1. The van der Waals surface area contributed by atoms with E-state index >= 15 is 0 Å². The summed E-state index contributed by atoms with van der Waals surface area (Å²) in [5.41, 5.74) is 4.48. The second kappa shape index (κ2) is 11.1. The van der Waals surface area contributed by atoms with Crippen molar-refractivity contribution in [3.8, 4) is 11.1 Å². The molecule has 33 heavy (non-hydrogen) atoms. The quantitative estimate of drug-likeness (QED) is 0.469. The maximum atomic E-state index is 12.4. The number of nitrogens with one attached hydrogen (secondary N) is 1. The summed E-state index contributed by atoms with van der Waals surface area (Å²) in [5, 5.41) is 22.2. The van der Waals surface area contributed by atoms with Gasteiger partial charge in [0.05, 0.1) is 6.10 Å². The lowest BCUT2D eigenvalue weighted by Crippen LogP contribution is -2.43. The fourth-order valence-electron chi connectivity index (χ4n) is 4.98. The predicted octanol–water partition coefficient (Wildman–Crippen LogP) is 4.65. The number of alkyl carbamates (subject to hydrolysis) is 1. The van der Waals surface area contributed by atoms with Crippen molar-refractivity contribution in [2.45, 2.75) is 50.2 Å². The lowest BCUT2D eigenvalue weighted by atomic mass is 9.98. The van der Waals surface area contributed by atoms with Crippen molar-refractivity contribution in [2.24, 2.45) is 5.92 Å². The Kier molecular flexibility index (Phi) is 7.93. The number of carboxylic acid groups (broad SMARTS) is 1. The number of aliphatic hydroxyl groups excluding tert-OH is 1. The van der Waals surface area contributed by atoms with Crippen molar-refractivity contribution in [1.29, 1.82) is 0 Å². The number of aliphatic carboxylic acids is 1. The van der Waals surface area contributed by atoms with Crippen molar-refractivity contribution in [3.63, 3.8) is 0 Å². The van der Waals surface area contributed by atoms with Crippen molar-refractivity contribution >= 4 is 23.8 Å². The van der Waals surface area contributed by atoms with Gasteiger partial charge in [0.25, 0.3) is 0 Å². The molecule has 1 amide bonds. The summed E-state index contributed by atoms with van der Waals surface area (Å²) in [7, 11) is 0. The number of carboxylic acids is 1. The van der Waals surface area contributed by atoms with E-state index in [2.05, 4.69) is 17.4 Å². The summed E-state index contributed by atoms with van der Waals surface area (Å²) >= 11 is 1.35. The van der Waals surface area contributed by atoms with E-state index < -0.39 is 24.2 Å². The second-order valence-electron chi connectivity index (χ2n) is 8.94. The van der Waals surface area contributed by atoms with Crippen LogP contribution in [0.1, 0.15) is 49.1 Å². The van der Waals surface area contributed by atoms with Crippen LogP contribution in [0.25, 0.3) is 11.1 Å². The van der Waals surface area contributed by atoms with Gasteiger partial charge in [-0.05, 0) is 34.6 Å². The molecule has 2 aliphatic carbocycles. The van der Waals surface area contributed by atoms with Crippen LogP contribution in [-0.4, -0.2) is 52.5 Å². The van der Waals surface area contributed by atoms with Crippen LogP contribution in [0, 0.1) is 5.92 Å². The summed E-state index contributed by atoms with van der Waals surface area (Å²) in [6.07, 6.45) is 4.39. The van der Waals surface area contributed by atoms with Gasteiger partial charge >= 0.3 is 12.1 Å². The third-order valence-corrected chi connectivity index (χ3v) is 7.80. The van der Waals surface area contributed by atoms with E-state index in [1.165, 1.54) is 37.4 Å². The van der Waals surface area contributed by atoms with Crippen molar-refractivity contribution in [2.75, 3.05) is 18.1 Å². The molecular formula is C26H31NO5S. The van der Waals surface area contributed by atoms with Crippen LogP contribution < -0.4 is 5.32 Å². The molecule has 0 spiro atoms. The van der Waals surface area contributed by atoms with E-state index in [0.717, 1.165) is 28.7 Å². The maximum absolute atomic E-state index is 12.4. The van der Waals surface area contributed by atoms with Crippen molar-refractivity contribution in [1.82, 2.24) is 5.32 Å². The van der Waals surface area contributed by atoms with Gasteiger partial charge in [-0.2, -0.15) is 11.8 Å². The molecule has 0 aromatic heterocycles. The average molecular weight is 470 g/mol. The third kappa shape index (κ3) is 5.89. The van der Waals surface area contributed by atoms with Gasteiger partial charge < -0.3 is 20.3 Å². The molecule has 2 atom stereocenters. The second-order valence-corrected chi connectivity index (χ2v) is 10.0. The minimum absolute atomic E-state index is 0.0773. The third-order valence-electron chi connectivity index (χ3n) is 6.61. The largest absolute Gasteiger partial charge is 0.480 e. The molecule has 3 N–H and O–H groups in total. The topological polar surface area (TPSA) is 95.9 Å².